The van der Waals surface area contributed by atoms with Crippen LogP contribution in [0.4, 0.5) is 4.79 Å². The van der Waals surface area contributed by atoms with Gasteiger partial charge in [0.2, 0.25) is 0 Å². The molecule has 3 N–H and O–H groups in total. The molecule has 1 aliphatic rings. The van der Waals surface area contributed by atoms with Crippen LogP contribution < -0.4 is 10.5 Å². The molecule has 150 valence electrons. The molecule has 1 unspecified atom stereocenters. The zero-order valence-corrected chi connectivity index (χ0v) is 16.3. The average Bonchev–Trinajstić information content (AvgIpc) is 3.28. The molecule has 2 amide bonds. The van der Waals surface area contributed by atoms with Crippen LogP contribution in [0.15, 0.2) is 73.1 Å². The maximum Gasteiger partial charge on any atom is 0.315 e. The highest BCUT2D eigenvalue weighted by molar-refractivity contribution is 5.72. The lowest BCUT2D eigenvalue weighted by molar-refractivity contribution is 0.0939. The summed E-state index contributed by atoms with van der Waals surface area (Å²) in [6, 6.07) is 20.0. The molecular weight excluding hydrogens is 364 g/mol. The quantitative estimate of drug-likeness (QED) is 0.676. The first-order chi connectivity index (χ1) is 14.2. The third-order valence-corrected chi connectivity index (χ3v) is 5.31. The van der Waals surface area contributed by atoms with Gasteiger partial charge < -0.3 is 20.4 Å². The Morgan fingerprint density at radius 3 is 2.66 bits per heavy atom. The van der Waals surface area contributed by atoms with Gasteiger partial charge in [0, 0.05) is 38.6 Å². The monoisotopic (exact) mass is 390 g/mol. The van der Waals surface area contributed by atoms with E-state index in [9.17, 15) is 4.79 Å². The van der Waals surface area contributed by atoms with E-state index in [4.69, 9.17) is 10.5 Å². The average molecular weight is 390 g/mol. The summed E-state index contributed by atoms with van der Waals surface area (Å²) in [5.41, 5.74) is 9.02. The van der Waals surface area contributed by atoms with Crippen molar-refractivity contribution in [2.24, 2.45) is 5.73 Å². The molecule has 1 fully saturated rings. The summed E-state index contributed by atoms with van der Waals surface area (Å²) in [6.07, 6.45) is 3.81. The van der Waals surface area contributed by atoms with Crippen LogP contribution in [0.3, 0.4) is 0 Å². The van der Waals surface area contributed by atoms with Crippen LogP contribution in [-0.2, 0) is 13.2 Å². The molecule has 4 rings (SSSR count). The van der Waals surface area contributed by atoms with Crippen LogP contribution in [0.5, 0.6) is 5.75 Å². The van der Waals surface area contributed by atoms with Crippen molar-refractivity contribution in [2.75, 3.05) is 19.6 Å². The van der Waals surface area contributed by atoms with Crippen LogP contribution in [-0.4, -0.2) is 40.4 Å². The first-order valence-electron chi connectivity index (χ1n) is 9.86. The second kappa shape index (κ2) is 8.84. The number of hydrogen-bond donors (Lipinski definition) is 2. The third-order valence-electron chi connectivity index (χ3n) is 5.31. The topological polar surface area (TPSA) is 74.6 Å². The van der Waals surface area contributed by atoms with Crippen molar-refractivity contribution < 1.29 is 9.53 Å². The molecule has 2 heterocycles. The number of nitrogens with two attached hydrogens (primary N) is 1. The molecule has 0 spiro atoms. The summed E-state index contributed by atoms with van der Waals surface area (Å²) < 4.78 is 5.96. The SMILES string of the molecule is NC(=O)N1CCN(Cc2cccc(OCc3ccccc3)c2)CC1c1cc[nH]c1. The number of piperazine rings is 1. The van der Waals surface area contributed by atoms with E-state index in [-0.39, 0.29) is 12.1 Å². The highest BCUT2D eigenvalue weighted by Gasteiger charge is 2.30. The second-order valence-corrected chi connectivity index (χ2v) is 7.35. The summed E-state index contributed by atoms with van der Waals surface area (Å²) in [4.78, 5) is 19.0. The molecule has 1 saturated heterocycles. The standard InChI is InChI=1S/C23H26N4O2/c24-23(28)27-12-11-26(16-22(27)20-9-10-25-14-20)15-19-7-4-8-21(13-19)29-17-18-5-2-1-3-6-18/h1-10,13-14,22,25H,11-12,15-17H2,(H2,24,28). The summed E-state index contributed by atoms with van der Waals surface area (Å²) in [5.74, 6) is 0.865. The number of H-pyrrole nitrogens is 1. The first kappa shape index (κ1) is 19.1. The Morgan fingerprint density at radius 2 is 1.90 bits per heavy atom. The molecule has 1 aliphatic heterocycles. The second-order valence-electron chi connectivity index (χ2n) is 7.35. The number of rotatable bonds is 6. The largest absolute Gasteiger partial charge is 0.489 e. The summed E-state index contributed by atoms with van der Waals surface area (Å²) in [6.45, 7) is 3.51. The van der Waals surface area contributed by atoms with Crippen molar-refractivity contribution in [3.63, 3.8) is 0 Å². The van der Waals surface area contributed by atoms with E-state index >= 15 is 0 Å². The Hall–Kier alpha value is -3.25. The van der Waals surface area contributed by atoms with Crippen LogP contribution in [0.25, 0.3) is 0 Å². The maximum atomic E-state index is 11.9. The van der Waals surface area contributed by atoms with Crippen LogP contribution in [0.2, 0.25) is 0 Å². The molecule has 0 saturated carbocycles. The van der Waals surface area contributed by atoms with Crippen LogP contribution in [0, 0.1) is 0 Å². The summed E-state index contributed by atoms with van der Waals surface area (Å²) in [7, 11) is 0. The van der Waals surface area contributed by atoms with Gasteiger partial charge in [-0.1, -0.05) is 42.5 Å². The highest BCUT2D eigenvalue weighted by Crippen LogP contribution is 2.26. The van der Waals surface area contributed by atoms with Crippen molar-refractivity contribution in [1.82, 2.24) is 14.8 Å². The number of primary amides is 1. The number of carbonyl (C=O) groups is 1. The van der Waals surface area contributed by atoms with Gasteiger partial charge in [-0.15, -0.1) is 0 Å². The van der Waals surface area contributed by atoms with E-state index in [1.54, 1.807) is 4.90 Å². The van der Waals surface area contributed by atoms with E-state index in [1.165, 1.54) is 5.56 Å². The number of nitrogens with zero attached hydrogens (tertiary/aromatic N) is 2. The number of benzene rings is 2. The Bertz CT molecular complexity index is 927. The smallest absolute Gasteiger partial charge is 0.315 e. The molecule has 29 heavy (non-hydrogen) atoms. The fourth-order valence-electron chi connectivity index (χ4n) is 3.81. The van der Waals surface area contributed by atoms with Crippen LogP contribution in [0.1, 0.15) is 22.7 Å². The number of aromatic amines is 1. The Morgan fingerprint density at radius 1 is 1.07 bits per heavy atom. The lowest BCUT2D eigenvalue weighted by Crippen LogP contribution is -2.51. The van der Waals surface area contributed by atoms with Gasteiger partial charge in [-0.2, -0.15) is 0 Å². The van der Waals surface area contributed by atoms with E-state index < -0.39 is 0 Å². The van der Waals surface area contributed by atoms with Gasteiger partial charge in [-0.3, -0.25) is 4.90 Å². The fraction of sp³-hybridized carbons (Fsp3) is 0.261. The van der Waals surface area contributed by atoms with E-state index in [0.29, 0.717) is 13.2 Å². The van der Waals surface area contributed by atoms with Gasteiger partial charge in [-0.05, 0) is 34.9 Å². The third kappa shape index (κ3) is 4.78. The van der Waals surface area contributed by atoms with E-state index in [2.05, 4.69) is 34.1 Å². The van der Waals surface area contributed by atoms with Gasteiger partial charge in [0.25, 0.3) is 0 Å². The minimum absolute atomic E-state index is 0.0370. The molecule has 6 nitrogen and oxygen atoms in total. The highest BCUT2D eigenvalue weighted by atomic mass is 16.5. The van der Waals surface area contributed by atoms with Gasteiger partial charge in [0.15, 0.2) is 0 Å². The number of hydrogen-bond acceptors (Lipinski definition) is 3. The molecule has 0 aliphatic carbocycles. The van der Waals surface area contributed by atoms with Crippen LogP contribution >= 0.6 is 0 Å². The lowest BCUT2D eigenvalue weighted by Gasteiger charge is -2.40. The zero-order chi connectivity index (χ0) is 20.1. The van der Waals surface area contributed by atoms with Crippen molar-refractivity contribution in [3.05, 3.63) is 89.7 Å². The van der Waals surface area contributed by atoms with E-state index in [0.717, 1.165) is 36.5 Å². The zero-order valence-electron chi connectivity index (χ0n) is 16.3. The fourth-order valence-corrected chi connectivity index (χ4v) is 3.81. The van der Waals surface area contributed by atoms with Gasteiger partial charge in [0.1, 0.15) is 12.4 Å². The Labute approximate surface area is 170 Å². The molecule has 0 bridgehead atoms. The molecule has 3 aromatic rings. The molecule has 0 radical (unpaired) electrons. The number of ether oxygens (including phenoxy) is 1. The lowest BCUT2D eigenvalue weighted by atomic mass is 10.0. The molecule has 6 heteroatoms. The number of aromatic nitrogens is 1. The number of urea groups is 1. The van der Waals surface area contributed by atoms with Crippen molar-refractivity contribution in [1.29, 1.82) is 0 Å². The first-order valence-corrected chi connectivity index (χ1v) is 9.86. The van der Waals surface area contributed by atoms with Crippen molar-refractivity contribution in [2.45, 2.75) is 19.2 Å². The molecular formula is C23H26N4O2. The molecule has 1 aromatic heterocycles. The molecule has 1 atom stereocenters. The van der Waals surface area contributed by atoms with Crippen molar-refractivity contribution in [3.8, 4) is 5.75 Å². The number of amides is 2. The molecule has 2 aromatic carbocycles. The Kier molecular flexibility index (Phi) is 5.81. The van der Waals surface area contributed by atoms with Gasteiger partial charge in [-0.25, -0.2) is 4.79 Å². The number of nitrogens with one attached hydrogen (secondary N) is 1. The van der Waals surface area contributed by atoms with E-state index in [1.807, 2.05) is 48.8 Å². The van der Waals surface area contributed by atoms with Gasteiger partial charge in [0.05, 0.1) is 6.04 Å². The summed E-state index contributed by atoms with van der Waals surface area (Å²) >= 11 is 0. The predicted molar refractivity (Wildman–Crippen MR) is 112 cm³/mol. The minimum Gasteiger partial charge on any atom is -0.489 e. The number of carbonyl (C=O) groups excluding carboxylic acids is 1. The summed E-state index contributed by atoms with van der Waals surface area (Å²) in [5, 5.41) is 0. The maximum absolute atomic E-state index is 11.9. The van der Waals surface area contributed by atoms with Gasteiger partial charge >= 0.3 is 6.03 Å². The predicted octanol–water partition coefficient (Wildman–Crippen LogP) is 3.53. The minimum atomic E-state index is -0.368. The van der Waals surface area contributed by atoms with Crippen molar-refractivity contribution >= 4 is 6.03 Å². The Balaban J connectivity index is 1.40. The normalized spacial score (nSPS) is 17.2.